The summed E-state index contributed by atoms with van der Waals surface area (Å²) in [5.74, 6) is -4.37. The molecule has 2 saturated carbocycles. The zero-order chi connectivity index (χ0) is 73.2. The van der Waals surface area contributed by atoms with E-state index >= 15 is 0 Å². The Bertz CT molecular complexity index is 2860. The van der Waals surface area contributed by atoms with E-state index in [1.807, 2.05) is 30.3 Å². The lowest BCUT2D eigenvalue weighted by molar-refractivity contribution is -0.143. The Labute approximate surface area is 573 Å². The van der Waals surface area contributed by atoms with E-state index in [1.54, 1.807) is 113 Å². The molecule has 2 aliphatic carbocycles. The van der Waals surface area contributed by atoms with Crippen LogP contribution in [-0.4, -0.2) is 160 Å². The first-order valence-electron chi connectivity index (χ1n) is 32.6. The van der Waals surface area contributed by atoms with Gasteiger partial charge in [-0.3, -0.25) is 0 Å². The summed E-state index contributed by atoms with van der Waals surface area (Å²) in [5, 5.41) is 10.3. The average Bonchev–Trinajstić information content (AvgIpc) is 3.71. The number of rotatable bonds is 30. The van der Waals surface area contributed by atoms with Gasteiger partial charge in [-0.2, -0.15) is 0 Å². The minimum atomic E-state index is -0.708. The molecule has 2 fully saturated rings. The monoisotopic (exact) mass is 1380 g/mol. The Kier molecular flexibility index (Phi) is 45.3. The number of carbonyl (C=O) groups is 12. The fourth-order valence-electron chi connectivity index (χ4n) is 7.97. The number of esters is 8. The number of benzene rings is 2. The third-order valence-electron chi connectivity index (χ3n) is 12.4. The number of amides is 4. The van der Waals surface area contributed by atoms with Crippen molar-refractivity contribution in [2.75, 3.05) is 33.0 Å². The lowest BCUT2D eigenvalue weighted by atomic mass is 9.90. The van der Waals surface area contributed by atoms with E-state index in [2.05, 4.69) is 21.3 Å². The van der Waals surface area contributed by atoms with Crippen molar-refractivity contribution >= 4 is 72.1 Å². The summed E-state index contributed by atoms with van der Waals surface area (Å²) in [4.78, 5) is 138. The number of carbonyl (C=O) groups excluding carboxylic acids is 12. The largest absolute Gasteiger partial charge is 0.460 e. The molecule has 0 aromatic heterocycles. The smallest absolute Gasteiger partial charge is 0.412 e. The second-order valence-corrected chi connectivity index (χ2v) is 23.5. The molecule has 28 nitrogen and oxygen atoms in total. The second kappa shape index (κ2) is 51.5. The van der Waals surface area contributed by atoms with Gasteiger partial charge in [0, 0.05) is 48.6 Å². The standard InChI is InChI=1S/C18H29NO6.C18H23NO6.C17H27NO6.C17H21NO6/c2*1-13(2)25-17(21)10-9-16(20)23-11-14(3)19-18(22)24-12-15-7-5-4-6-8-15;2*1-12(2)23-16(20)10-9-15(19)22-11-13(3)18-17(21)24-14-7-5-4-6-8-14/h9-10,13-15H,4-8,11-12H2,1-3H3,(H,19,22);4-10,13-14H,11-12H2,1-3H3,(H,19,22);9-10,12-14H,4-8,11H2,1-3H3,(H,18,21);4-10,12-13H,11H2,1-3H3,(H,18,21)/b4*10-9+/t2*14-;2*13-/m0000/s1. The Morgan fingerprint density at radius 3 is 1.02 bits per heavy atom. The number of hydrogen-bond donors (Lipinski definition) is 4. The fraction of sp³-hybridized carbons (Fsp3) is 0.543. The predicted octanol–water partition coefficient (Wildman–Crippen LogP) is 9.78. The highest BCUT2D eigenvalue weighted by Crippen LogP contribution is 2.24. The molecule has 4 N–H and O–H groups in total. The van der Waals surface area contributed by atoms with Gasteiger partial charge in [-0.05, 0) is 145 Å². The number of ether oxygens (including phenoxy) is 12. The van der Waals surface area contributed by atoms with E-state index < -0.39 is 84.2 Å². The molecule has 2 aromatic rings. The van der Waals surface area contributed by atoms with Crippen LogP contribution >= 0.6 is 0 Å². The highest BCUT2D eigenvalue weighted by atomic mass is 16.6. The van der Waals surface area contributed by atoms with Crippen molar-refractivity contribution in [2.24, 2.45) is 5.92 Å². The van der Waals surface area contributed by atoms with Crippen molar-refractivity contribution in [3.05, 3.63) is 115 Å². The lowest BCUT2D eigenvalue weighted by Crippen LogP contribution is -2.38. The topological polar surface area (TPSA) is 364 Å². The van der Waals surface area contributed by atoms with Crippen molar-refractivity contribution in [2.45, 2.75) is 209 Å². The summed E-state index contributed by atoms with van der Waals surface area (Å²) >= 11 is 0. The van der Waals surface area contributed by atoms with E-state index in [1.165, 1.54) is 25.7 Å². The van der Waals surface area contributed by atoms with Gasteiger partial charge in [0.2, 0.25) is 0 Å². The van der Waals surface area contributed by atoms with Gasteiger partial charge in [0.25, 0.3) is 0 Å². The van der Waals surface area contributed by atoms with Gasteiger partial charge < -0.3 is 78.1 Å². The van der Waals surface area contributed by atoms with Gasteiger partial charge >= 0.3 is 72.1 Å². The Morgan fingerprint density at radius 2 is 0.663 bits per heavy atom. The van der Waals surface area contributed by atoms with Gasteiger partial charge in [-0.25, -0.2) is 57.5 Å². The third-order valence-corrected chi connectivity index (χ3v) is 12.4. The molecule has 544 valence electrons. The summed E-state index contributed by atoms with van der Waals surface area (Å²) in [5.41, 5.74) is 0.871. The predicted molar refractivity (Wildman–Crippen MR) is 356 cm³/mol. The van der Waals surface area contributed by atoms with Crippen LogP contribution in [0.2, 0.25) is 0 Å². The minimum absolute atomic E-state index is 0.0117. The highest BCUT2D eigenvalue weighted by Gasteiger charge is 2.21. The molecule has 98 heavy (non-hydrogen) atoms. The molecule has 28 heteroatoms. The average molecular weight is 1380 g/mol. The van der Waals surface area contributed by atoms with Gasteiger partial charge in [-0.1, -0.05) is 74.2 Å². The normalized spacial score (nSPS) is 14.2. The number of nitrogens with one attached hydrogen (secondary N) is 4. The zero-order valence-electron chi connectivity index (χ0n) is 58.3. The van der Waals surface area contributed by atoms with Crippen molar-refractivity contribution in [1.29, 1.82) is 0 Å². The van der Waals surface area contributed by atoms with Gasteiger partial charge in [0.1, 0.15) is 44.9 Å². The summed E-state index contributed by atoms with van der Waals surface area (Å²) < 4.78 is 59.7. The molecule has 0 radical (unpaired) electrons. The van der Waals surface area contributed by atoms with Gasteiger partial charge in [-0.15, -0.1) is 0 Å². The second-order valence-electron chi connectivity index (χ2n) is 23.5. The Morgan fingerprint density at radius 1 is 0.357 bits per heavy atom. The summed E-state index contributed by atoms with van der Waals surface area (Å²) in [7, 11) is 0. The highest BCUT2D eigenvalue weighted by molar-refractivity contribution is 5.93. The van der Waals surface area contributed by atoms with Gasteiger partial charge in [0.05, 0.1) is 55.2 Å². The maximum absolute atomic E-state index is 11.7. The first-order chi connectivity index (χ1) is 46.5. The molecule has 0 aliphatic heterocycles. The van der Waals surface area contributed by atoms with E-state index in [-0.39, 0.29) is 75.6 Å². The van der Waals surface area contributed by atoms with Crippen LogP contribution in [-0.2, 0) is 97.1 Å². The van der Waals surface area contributed by atoms with Crippen LogP contribution in [0.5, 0.6) is 5.75 Å². The van der Waals surface area contributed by atoms with Crippen molar-refractivity contribution in [3.8, 4) is 5.75 Å². The lowest BCUT2D eigenvalue weighted by Gasteiger charge is -2.23. The molecule has 0 heterocycles. The Balaban J connectivity index is 0.000000653. The van der Waals surface area contributed by atoms with Crippen LogP contribution in [0, 0.1) is 5.92 Å². The minimum Gasteiger partial charge on any atom is -0.460 e. The first-order valence-corrected chi connectivity index (χ1v) is 32.6. The molecule has 4 amide bonds. The van der Waals surface area contributed by atoms with Crippen LogP contribution < -0.4 is 26.0 Å². The van der Waals surface area contributed by atoms with Crippen LogP contribution in [0.15, 0.2) is 109 Å². The summed E-state index contributed by atoms with van der Waals surface area (Å²) in [6.07, 6.45) is 15.6. The molecule has 0 unspecified atom stereocenters. The first kappa shape index (κ1) is 86.3. The van der Waals surface area contributed by atoms with Crippen molar-refractivity contribution in [1.82, 2.24) is 21.3 Å². The summed E-state index contributed by atoms with van der Waals surface area (Å²) in [6, 6.07) is 16.2. The summed E-state index contributed by atoms with van der Waals surface area (Å²) in [6.45, 7) is 20.8. The van der Waals surface area contributed by atoms with Crippen LogP contribution in [0.25, 0.3) is 0 Å². The maximum Gasteiger partial charge on any atom is 0.412 e. The third kappa shape index (κ3) is 49.7. The van der Waals surface area contributed by atoms with Crippen molar-refractivity contribution in [3.63, 3.8) is 0 Å². The van der Waals surface area contributed by atoms with Crippen LogP contribution in [0.1, 0.15) is 153 Å². The van der Waals surface area contributed by atoms with Crippen molar-refractivity contribution < 1.29 is 114 Å². The van der Waals surface area contributed by atoms with E-state index in [9.17, 15) is 57.5 Å². The molecule has 0 bridgehead atoms. The fourth-order valence-corrected chi connectivity index (χ4v) is 7.97. The molecule has 0 spiro atoms. The van der Waals surface area contributed by atoms with E-state index in [0.717, 1.165) is 92.7 Å². The van der Waals surface area contributed by atoms with Gasteiger partial charge in [0.15, 0.2) is 0 Å². The van der Waals surface area contributed by atoms with E-state index in [4.69, 9.17) is 56.8 Å². The molecule has 2 aromatic carbocycles. The number of alkyl carbamates (subject to hydrolysis) is 3. The van der Waals surface area contributed by atoms with Crippen LogP contribution in [0.3, 0.4) is 0 Å². The Hall–Kier alpha value is -9.76. The van der Waals surface area contributed by atoms with E-state index in [0.29, 0.717) is 18.3 Å². The molecule has 0 saturated heterocycles. The molecule has 2 aliphatic rings. The quantitative estimate of drug-likeness (QED) is 0.0321. The zero-order valence-corrected chi connectivity index (χ0v) is 58.3. The molecule has 4 atom stereocenters. The maximum atomic E-state index is 11.7. The SMILES string of the molecule is CC(C)OC(=O)/C=C/C(=O)OC[C@H](C)NC(=O)OC1CCCCC1.CC(C)OC(=O)/C=C/C(=O)OC[C@H](C)NC(=O)OCC1CCCCC1.CC(C)OC(=O)/C=C/C(=O)OC[C@H](C)NC(=O)OCc1ccccc1.CC(C)OC(=O)/C=C/C(=O)OC[C@H](C)NC(=O)Oc1ccccc1. The molecular formula is C70H100N4O24. The number of para-hydroxylation sites is 1. The molecular weight excluding hydrogens is 1280 g/mol. The molecule has 4 rings (SSSR count). The van der Waals surface area contributed by atoms with Crippen LogP contribution in [0.4, 0.5) is 19.2 Å². The number of hydrogen-bond acceptors (Lipinski definition) is 24.